The van der Waals surface area contributed by atoms with Gasteiger partial charge >= 0.3 is 0 Å². The molecule has 2 heterocycles. The zero-order valence-electron chi connectivity index (χ0n) is 14.8. The van der Waals surface area contributed by atoms with Crippen LogP contribution in [-0.4, -0.2) is 21.8 Å². The minimum absolute atomic E-state index is 0.0247. The number of ether oxygens (including phenoxy) is 1. The van der Waals surface area contributed by atoms with Gasteiger partial charge in [-0.15, -0.1) is 0 Å². The highest BCUT2D eigenvalue weighted by Crippen LogP contribution is 2.34. The maximum atomic E-state index is 14.5. The molecule has 26 heavy (non-hydrogen) atoms. The fourth-order valence-corrected chi connectivity index (χ4v) is 2.89. The van der Waals surface area contributed by atoms with Crippen LogP contribution in [0.25, 0.3) is 0 Å². The van der Waals surface area contributed by atoms with Gasteiger partial charge in [-0.2, -0.15) is 0 Å². The quantitative estimate of drug-likeness (QED) is 0.853. The van der Waals surface area contributed by atoms with Crippen LogP contribution in [0.3, 0.4) is 0 Å². The van der Waals surface area contributed by atoms with Crippen molar-refractivity contribution in [2.45, 2.75) is 32.7 Å². The zero-order chi connectivity index (χ0) is 18.9. The van der Waals surface area contributed by atoms with Crippen molar-refractivity contribution in [3.05, 3.63) is 70.8 Å². The summed E-state index contributed by atoms with van der Waals surface area (Å²) in [7, 11) is 0. The number of carbonyl (C=O) groups excluding carboxylic acids is 1. The molecule has 0 fully saturated rings. The number of benzene rings is 1. The molecule has 0 unspecified atom stereocenters. The monoisotopic (exact) mass is 354 g/mol. The molecule has 6 nitrogen and oxygen atoms in total. The van der Waals surface area contributed by atoms with E-state index in [0.29, 0.717) is 16.9 Å². The molecule has 2 aromatic rings. The van der Waals surface area contributed by atoms with Crippen molar-refractivity contribution in [1.29, 1.82) is 0 Å². The average molecular weight is 354 g/mol. The number of aromatic nitrogens is 2. The second-order valence-electron chi connectivity index (χ2n) is 6.41. The second kappa shape index (κ2) is 6.67. The highest BCUT2D eigenvalue weighted by molar-refractivity contribution is 5.95. The number of hydrogen-bond acceptors (Lipinski definition) is 6. The summed E-state index contributed by atoms with van der Waals surface area (Å²) in [6.45, 7) is 5.26. The van der Waals surface area contributed by atoms with Crippen LogP contribution in [0.1, 0.15) is 41.2 Å². The van der Waals surface area contributed by atoms with Gasteiger partial charge in [-0.1, -0.05) is 6.07 Å². The Labute approximate surface area is 150 Å². The van der Waals surface area contributed by atoms with Crippen LogP contribution in [0.4, 0.5) is 4.39 Å². The van der Waals surface area contributed by atoms with Crippen molar-refractivity contribution >= 4 is 11.8 Å². The summed E-state index contributed by atoms with van der Waals surface area (Å²) in [5.41, 5.74) is 6.67. The van der Waals surface area contributed by atoms with Gasteiger partial charge in [-0.25, -0.2) is 14.4 Å². The van der Waals surface area contributed by atoms with Crippen molar-refractivity contribution < 1.29 is 13.9 Å². The molecule has 0 saturated heterocycles. The molecule has 3 rings (SSSR count). The summed E-state index contributed by atoms with van der Waals surface area (Å²) < 4.78 is 19.7. The van der Waals surface area contributed by atoms with E-state index in [2.05, 4.69) is 15.0 Å². The Morgan fingerprint density at radius 2 is 2.04 bits per heavy atom. The number of rotatable bonds is 4. The Kier molecular flexibility index (Phi) is 4.54. The largest absolute Gasteiger partial charge is 0.431 e. The number of halogens is 1. The molecule has 1 aliphatic heterocycles. The average Bonchev–Trinajstić information content (AvgIpc) is 2.55. The molecule has 134 valence electrons. The van der Waals surface area contributed by atoms with Gasteiger partial charge in [0.1, 0.15) is 22.8 Å². The molecule has 1 aliphatic rings. The van der Waals surface area contributed by atoms with Crippen molar-refractivity contribution in [1.82, 2.24) is 9.97 Å². The van der Waals surface area contributed by atoms with Gasteiger partial charge in [-0.3, -0.25) is 9.78 Å². The van der Waals surface area contributed by atoms with Gasteiger partial charge in [0, 0.05) is 18.2 Å². The molecular weight excluding hydrogens is 335 g/mol. The first-order valence-electron chi connectivity index (χ1n) is 8.10. The van der Waals surface area contributed by atoms with E-state index in [1.54, 1.807) is 39.0 Å². The predicted octanol–water partition coefficient (Wildman–Crippen LogP) is 2.81. The van der Waals surface area contributed by atoms with E-state index in [0.717, 1.165) is 5.69 Å². The Morgan fingerprint density at radius 1 is 1.27 bits per heavy atom. The lowest BCUT2D eigenvalue weighted by atomic mass is 9.89. The number of hydrogen-bond donors (Lipinski definition) is 1. The van der Waals surface area contributed by atoms with Gasteiger partial charge in [0.05, 0.1) is 11.9 Å². The van der Waals surface area contributed by atoms with Crippen LogP contribution >= 0.6 is 0 Å². The van der Waals surface area contributed by atoms with E-state index >= 15 is 0 Å². The van der Waals surface area contributed by atoms with E-state index in [9.17, 15) is 9.18 Å². The third-order valence-corrected chi connectivity index (χ3v) is 4.10. The summed E-state index contributed by atoms with van der Waals surface area (Å²) >= 11 is 0. The second-order valence-corrected chi connectivity index (χ2v) is 6.41. The first-order chi connectivity index (χ1) is 12.3. The number of aliphatic imine (C=N–C) groups is 1. The number of ketones is 1. The van der Waals surface area contributed by atoms with Gasteiger partial charge in [-0.05, 0) is 44.5 Å². The van der Waals surface area contributed by atoms with Gasteiger partial charge in [0.25, 0.3) is 6.02 Å². The molecular formula is C19H19FN4O2. The molecule has 1 aromatic heterocycles. The number of Topliss-reactive ketones (excluding diaryl/α,β-unsaturated/α-hetero) is 1. The predicted molar refractivity (Wildman–Crippen MR) is 95.0 cm³/mol. The Balaban J connectivity index is 1.92. The molecule has 0 amide bonds. The first-order valence-corrected chi connectivity index (χ1v) is 8.10. The summed E-state index contributed by atoms with van der Waals surface area (Å²) in [5.74, 6) is -0.0842. The lowest BCUT2D eigenvalue weighted by Crippen LogP contribution is -2.30. The van der Waals surface area contributed by atoms with Gasteiger partial charge in [0.15, 0.2) is 5.78 Å². The number of nitrogens with zero attached hydrogens (tertiary/aromatic N) is 3. The maximum absolute atomic E-state index is 14.5. The molecule has 0 spiro atoms. The third kappa shape index (κ3) is 3.61. The molecule has 7 heteroatoms. The fraction of sp³-hybridized carbons (Fsp3) is 0.263. The third-order valence-electron chi connectivity index (χ3n) is 4.10. The minimum atomic E-state index is -1.00. The zero-order valence-corrected chi connectivity index (χ0v) is 14.8. The standard InChI is InChI=1S/C19H19FN4O2/c1-11-9-23-16(10-22-11)17(25)7-13-4-5-15(20)14(6-13)19(3)8-12(2)26-18(21)24-19/h4-6,8-10H,7H2,1-3H3,(H2,21,24)/t19-/m0/s1. The number of nitrogens with two attached hydrogens (primary N) is 1. The summed E-state index contributed by atoms with van der Waals surface area (Å²) in [6.07, 6.45) is 4.76. The van der Waals surface area contributed by atoms with E-state index in [1.807, 2.05) is 0 Å². The Bertz CT molecular complexity index is 902. The van der Waals surface area contributed by atoms with Crippen LogP contribution in [0.15, 0.2) is 47.4 Å². The van der Waals surface area contributed by atoms with Crippen LogP contribution in [0.5, 0.6) is 0 Å². The van der Waals surface area contributed by atoms with Crippen LogP contribution in [0, 0.1) is 12.7 Å². The van der Waals surface area contributed by atoms with Crippen LogP contribution in [-0.2, 0) is 16.7 Å². The fourth-order valence-electron chi connectivity index (χ4n) is 2.89. The van der Waals surface area contributed by atoms with Gasteiger partial charge in [0.2, 0.25) is 0 Å². The Morgan fingerprint density at radius 3 is 2.69 bits per heavy atom. The number of allylic oxidation sites excluding steroid dienone is 1. The van der Waals surface area contributed by atoms with Crippen molar-refractivity contribution in [3.8, 4) is 0 Å². The molecule has 0 radical (unpaired) electrons. The normalized spacial score (nSPS) is 19.4. The SMILES string of the molecule is CC1=C[C@@](C)(c2cc(CC(=O)c3cnc(C)cn3)ccc2F)N=C(N)O1. The molecule has 0 saturated carbocycles. The molecule has 1 aromatic carbocycles. The maximum Gasteiger partial charge on any atom is 0.288 e. The van der Waals surface area contributed by atoms with Gasteiger partial charge < -0.3 is 10.5 Å². The highest BCUT2D eigenvalue weighted by Gasteiger charge is 2.31. The first kappa shape index (κ1) is 17.7. The number of carbonyl (C=O) groups is 1. The highest BCUT2D eigenvalue weighted by atomic mass is 19.1. The van der Waals surface area contributed by atoms with E-state index in [-0.39, 0.29) is 23.9 Å². The number of aryl methyl sites for hydroxylation is 1. The van der Waals surface area contributed by atoms with Crippen molar-refractivity contribution in [2.75, 3.05) is 0 Å². The topological polar surface area (TPSA) is 90.5 Å². The smallest absolute Gasteiger partial charge is 0.288 e. The van der Waals surface area contributed by atoms with Crippen molar-refractivity contribution in [2.24, 2.45) is 10.7 Å². The lowest BCUT2D eigenvalue weighted by molar-refractivity contribution is 0.0987. The summed E-state index contributed by atoms with van der Waals surface area (Å²) in [4.78, 5) is 24.8. The lowest BCUT2D eigenvalue weighted by Gasteiger charge is -2.27. The summed E-state index contributed by atoms with van der Waals surface area (Å²) in [6, 6.07) is 4.50. The molecule has 1 atom stereocenters. The minimum Gasteiger partial charge on any atom is -0.431 e. The van der Waals surface area contributed by atoms with E-state index in [1.165, 1.54) is 18.5 Å². The van der Waals surface area contributed by atoms with E-state index < -0.39 is 11.4 Å². The number of amidine groups is 1. The van der Waals surface area contributed by atoms with Crippen LogP contribution < -0.4 is 5.73 Å². The van der Waals surface area contributed by atoms with Crippen LogP contribution in [0.2, 0.25) is 0 Å². The molecule has 0 aliphatic carbocycles. The Hall–Kier alpha value is -3.09. The van der Waals surface area contributed by atoms with E-state index in [4.69, 9.17) is 10.5 Å². The van der Waals surface area contributed by atoms with Crippen molar-refractivity contribution in [3.63, 3.8) is 0 Å². The molecule has 2 N–H and O–H groups in total. The molecule has 0 bridgehead atoms. The summed E-state index contributed by atoms with van der Waals surface area (Å²) in [5, 5.41) is 0.